The predicted octanol–water partition coefficient (Wildman–Crippen LogP) is 0.724. The van der Waals surface area contributed by atoms with Crippen molar-refractivity contribution in [3.63, 3.8) is 0 Å². The van der Waals surface area contributed by atoms with Crippen molar-refractivity contribution in [1.29, 1.82) is 0 Å². The zero-order valence-electron chi connectivity index (χ0n) is 8.52. The summed E-state index contributed by atoms with van der Waals surface area (Å²) in [6.45, 7) is 4.15. The minimum Gasteiger partial charge on any atom is -0.339 e. The fourth-order valence-electron chi connectivity index (χ4n) is 1.09. The molecule has 7 nitrogen and oxygen atoms in total. The number of hydrogen-bond donors (Lipinski definition) is 1. The molecule has 2 heterocycles. The third-order valence-corrected chi connectivity index (χ3v) is 1.71. The number of aromatic nitrogens is 4. The van der Waals surface area contributed by atoms with Crippen LogP contribution in [0.15, 0.2) is 9.05 Å². The van der Waals surface area contributed by atoms with Crippen molar-refractivity contribution < 1.29 is 9.05 Å². The first kappa shape index (κ1) is 9.63. The molecule has 0 radical (unpaired) electrons. The summed E-state index contributed by atoms with van der Waals surface area (Å²) in [5, 5.41) is 10.3. The number of aryl methyl sites for hydroxylation is 2. The number of rotatable bonds is 4. The molecule has 1 N–H and O–H groups in total. The van der Waals surface area contributed by atoms with Crippen molar-refractivity contribution in [1.82, 2.24) is 20.3 Å². The zero-order chi connectivity index (χ0) is 10.7. The lowest BCUT2D eigenvalue weighted by Crippen LogP contribution is -2.05. The Labute approximate surface area is 85.9 Å². The van der Waals surface area contributed by atoms with E-state index in [4.69, 9.17) is 9.05 Å². The Morgan fingerprint density at radius 3 is 2.40 bits per heavy atom. The zero-order valence-corrected chi connectivity index (χ0v) is 8.52. The van der Waals surface area contributed by atoms with E-state index in [-0.39, 0.29) is 0 Å². The van der Waals surface area contributed by atoms with Gasteiger partial charge >= 0.3 is 6.01 Å². The quantitative estimate of drug-likeness (QED) is 0.793. The monoisotopic (exact) mass is 209 g/mol. The van der Waals surface area contributed by atoms with Crippen LogP contribution in [0.4, 0.5) is 6.01 Å². The van der Waals surface area contributed by atoms with Gasteiger partial charge in [0.05, 0.1) is 0 Å². The van der Waals surface area contributed by atoms with Gasteiger partial charge in [-0.3, -0.25) is 0 Å². The Bertz CT molecular complexity index is 395. The summed E-state index contributed by atoms with van der Waals surface area (Å²) in [6, 6.07) is 0.406. The largest absolute Gasteiger partial charge is 0.339 e. The molecular weight excluding hydrogens is 198 g/mol. The van der Waals surface area contributed by atoms with Crippen molar-refractivity contribution in [3.8, 4) is 0 Å². The fourth-order valence-corrected chi connectivity index (χ4v) is 1.09. The lowest BCUT2D eigenvalue weighted by Gasteiger charge is -1.95. The molecule has 0 fully saturated rings. The first-order chi connectivity index (χ1) is 7.24. The summed E-state index contributed by atoms with van der Waals surface area (Å²) in [5.74, 6) is 1.83. The first-order valence-electron chi connectivity index (χ1n) is 4.57. The molecule has 0 atom stereocenters. The van der Waals surface area contributed by atoms with Crippen LogP contribution in [-0.4, -0.2) is 26.8 Å². The van der Waals surface area contributed by atoms with Gasteiger partial charge < -0.3 is 14.4 Å². The van der Waals surface area contributed by atoms with Gasteiger partial charge in [-0.25, -0.2) is 0 Å². The fraction of sp³-hybridized carbons (Fsp3) is 0.500. The summed E-state index contributed by atoms with van der Waals surface area (Å²) < 4.78 is 9.81. The summed E-state index contributed by atoms with van der Waals surface area (Å²) in [7, 11) is 0. The predicted molar refractivity (Wildman–Crippen MR) is 50.3 cm³/mol. The molecule has 0 aliphatic heterocycles. The van der Waals surface area contributed by atoms with Gasteiger partial charge in [-0.15, -0.1) is 0 Å². The highest BCUT2D eigenvalue weighted by atomic mass is 16.5. The molecular formula is C8H11N5O2. The van der Waals surface area contributed by atoms with Crippen molar-refractivity contribution in [2.45, 2.75) is 20.3 Å². The van der Waals surface area contributed by atoms with Crippen LogP contribution >= 0.6 is 0 Å². The van der Waals surface area contributed by atoms with Crippen molar-refractivity contribution in [2.24, 2.45) is 0 Å². The lowest BCUT2D eigenvalue weighted by molar-refractivity contribution is 0.376. The van der Waals surface area contributed by atoms with E-state index in [1.165, 1.54) is 0 Å². The van der Waals surface area contributed by atoms with Crippen molar-refractivity contribution in [2.75, 3.05) is 11.9 Å². The Kier molecular flexibility index (Phi) is 2.61. The third kappa shape index (κ3) is 2.52. The van der Waals surface area contributed by atoms with Crippen LogP contribution in [0, 0.1) is 13.8 Å². The molecule has 2 aromatic rings. The van der Waals surface area contributed by atoms with Gasteiger partial charge in [-0.1, -0.05) is 10.3 Å². The smallest absolute Gasteiger partial charge is 0.321 e. The SMILES string of the molecule is Cc1noc(CCNc2nc(C)no2)n1. The van der Waals surface area contributed by atoms with E-state index < -0.39 is 0 Å². The average molecular weight is 209 g/mol. The Morgan fingerprint density at radius 1 is 1.07 bits per heavy atom. The molecule has 80 valence electrons. The van der Waals surface area contributed by atoms with E-state index in [2.05, 4.69) is 25.6 Å². The molecule has 0 aromatic carbocycles. The molecule has 0 bridgehead atoms. The second-order valence-corrected chi connectivity index (χ2v) is 3.06. The molecule has 2 rings (SSSR count). The Morgan fingerprint density at radius 2 is 1.80 bits per heavy atom. The van der Waals surface area contributed by atoms with E-state index in [0.29, 0.717) is 36.5 Å². The molecule has 2 aromatic heterocycles. The number of hydrogen-bond acceptors (Lipinski definition) is 7. The summed E-state index contributed by atoms with van der Waals surface area (Å²) in [5.41, 5.74) is 0. The minimum absolute atomic E-state index is 0.406. The van der Waals surface area contributed by atoms with Gasteiger partial charge in [0.1, 0.15) is 0 Å². The van der Waals surface area contributed by atoms with Crippen LogP contribution in [0.25, 0.3) is 0 Å². The van der Waals surface area contributed by atoms with Crippen molar-refractivity contribution >= 4 is 6.01 Å². The summed E-state index contributed by atoms with van der Waals surface area (Å²) in [6.07, 6.45) is 0.627. The molecule has 0 spiro atoms. The highest BCUT2D eigenvalue weighted by Crippen LogP contribution is 2.02. The maximum Gasteiger partial charge on any atom is 0.321 e. The highest BCUT2D eigenvalue weighted by Gasteiger charge is 2.04. The third-order valence-electron chi connectivity index (χ3n) is 1.71. The van der Waals surface area contributed by atoms with Crippen molar-refractivity contribution in [3.05, 3.63) is 17.5 Å². The van der Waals surface area contributed by atoms with Crippen LogP contribution in [0.5, 0.6) is 0 Å². The van der Waals surface area contributed by atoms with E-state index in [9.17, 15) is 0 Å². The van der Waals surface area contributed by atoms with Gasteiger partial charge in [-0.2, -0.15) is 9.97 Å². The van der Waals surface area contributed by atoms with Crippen LogP contribution in [0.1, 0.15) is 17.5 Å². The molecule has 0 saturated carbocycles. The average Bonchev–Trinajstić information content (AvgIpc) is 2.76. The van der Waals surface area contributed by atoms with E-state index in [0.717, 1.165) is 0 Å². The van der Waals surface area contributed by atoms with Crippen LogP contribution < -0.4 is 5.32 Å². The maximum absolute atomic E-state index is 4.94. The van der Waals surface area contributed by atoms with E-state index >= 15 is 0 Å². The maximum atomic E-state index is 4.94. The first-order valence-corrected chi connectivity index (χ1v) is 4.57. The molecule has 0 unspecified atom stereocenters. The van der Waals surface area contributed by atoms with Gasteiger partial charge in [0.25, 0.3) is 0 Å². The second kappa shape index (κ2) is 4.07. The molecule has 15 heavy (non-hydrogen) atoms. The lowest BCUT2D eigenvalue weighted by atomic mass is 10.4. The standard InChI is InChI=1S/C8H11N5O2/c1-5-10-7(14-12-5)3-4-9-8-11-6(2)13-15-8/h3-4H2,1-2H3,(H,9,11,13). The Balaban J connectivity index is 1.80. The second-order valence-electron chi connectivity index (χ2n) is 3.06. The van der Waals surface area contributed by atoms with Gasteiger partial charge in [-0.05, 0) is 13.8 Å². The molecule has 0 amide bonds. The molecule has 7 heteroatoms. The van der Waals surface area contributed by atoms with Crippen LogP contribution in [-0.2, 0) is 6.42 Å². The Hall–Kier alpha value is -1.92. The van der Waals surface area contributed by atoms with Gasteiger partial charge in [0, 0.05) is 13.0 Å². The van der Waals surface area contributed by atoms with E-state index in [1.807, 2.05) is 0 Å². The highest BCUT2D eigenvalue weighted by molar-refractivity contribution is 5.17. The molecule has 0 saturated heterocycles. The topological polar surface area (TPSA) is 89.9 Å². The number of anilines is 1. The summed E-state index contributed by atoms with van der Waals surface area (Å²) in [4.78, 5) is 8.05. The number of nitrogens with zero attached hydrogens (tertiary/aromatic N) is 4. The summed E-state index contributed by atoms with van der Waals surface area (Å²) >= 11 is 0. The minimum atomic E-state index is 0.406. The number of nitrogens with one attached hydrogen (secondary N) is 1. The van der Waals surface area contributed by atoms with E-state index in [1.54, 1.807) is 13.8 Å². The van der Waals surface area contributed by atoms with Crippen LogP contribution in [0.3, 0.4) is 0 Å². The molecule has 0 aliphatic rings. The van der Waals surface area contributed by atoms with Gasteiger partial charge in [0.15, 0.2) is 11.6 Å². The normalized spacial score (nSPS) is 10.5. The molecule has 0 aliphatic carbocycles. The van der Waals surface area contributed by atoms with Crippen LogP contribution in [0.2, 0.25) is 0 Å². The van der Waals surface area contributed by atoms with Gasteiger partial charge in [0.2, 0.25) is 5.89 Å².